The van der Waals surface area contributed by atoms with E-state index in [-0.39, 0.29) is 5.91 Å². The summed E-state index contributed by atoms with van der Waals surface area (Å²) in [6, 6.07) is 9.74. The first-order valence-corrected chi connectivity index (χ1v) is 9.52. The summed E-state index contributed by atoms with van der Waals surface area (Å²) in [5.41, 5.74) is 2.70. The van der Waals surface area contributed by atoms with E-state index in [1.165, 1.54) is 0 Å². The molecule has 1 saturated heterocycles. The lowest BCUT2D eigenvalue weighted by Crippen LogP contribution is -2.35. The molecule has 0 atom stereocenters. The van der Waals surface area contributed by atoms with E-state index in [9.17, 15) is 4.79 Å². The summed E-state index contributed by atoms with van der Waals surface area (Å²) >= 11 is 0. The third kappa shape index (κ3) is 4.06. The highest BCUT2D eigenvalue weighted by Gasteiger charge is 2.24. The first-order chi connectivity index (χ1) is 13.2. The lowest BCUT2D eigenvalue weighted by molar-refractivity contribution is 0.0759. The number of ether oxygens (including phenoxy) is 2. The van der Waals surface area contributed by atoms with Crippen LogP contribution in [0.4, 0.5) is 0 Å². The Balaban J connectivity index is 1.44. The van der Waals surface area contributed by atoms with Crippen molar-refractivity contribution in [1.82, 2.24) is 14.8 Å². The number of fused-ring (bicyclic) bond motifs is 1. The highest BCUT2D eigenvalue weighted by molar-refractivity contribution is 5.96. The van der Waals surface area contributed by atoms with Crippen LogP contribution < -0.4 is 9.47 Å². The van der Waals surface area contributed by atoms with E-state index in [1.54, 1.807) is 0 Å². The second-order valence-electron chi connectivity index (χ2n) is 7.05. The third-order valence-corrected chi connectivity index (χ3v) is 5.11. The topological polar surface area (TPSA) is 54.9 Å². The molecule has 2 aliphatic rings. The average molecular weight is 367 g/mol. The standard InChI is InChI=1S/C21H25N3O3/c1-16-13-19-20(27-12-11-26-19)14-18(16)21(25)24-8-4-7-23(9-10-24)15-17-5-2-3-6-22-17/h2-3,5-6,13-14H,4,7-12,15H2,1H3. The number of pyridine rings is 1. The lowest BCUT2D eigenvalue weighted by atomic mass is 10.1. The van der Waals surface area contributed by atoms with Crippen molar-refractivity contribution >= 4 is 5.91 Å². The normalized spacial score (nSPS) is 17.4. The number of carbonyl (C=O) groups excluding carboxylic acids is 1. The maximum atomic E-state index is 13.1. The molecule has 2 aromatic rings. The minimum atomic E-state index is 0.0733. The van der Waals surface area contributed by atoms with Gasteiger partial charge in [-0.25, -0.2) is 0 Å². The molecule has 3 heterocycles. The van der Waals surface area contributed by atoms with Gasteiger partial charge < -0.3 is 14.4 Å². The second-order valence-corrected chi connectivity index (χ2v) is 7.05. The van der Waals surface area contributed by atoms with Crippen LogP contribution in [0.5, 0.6) is 11.5 Å². The quantitative estimate of drug-likeness (QED) is 0.834. The fourth-order valence-electron chi connectivity index (χ4n) is 3.64. The molecule has 27 heavy (non-hydrogen) atoms. The predicted molar refractivity (Wildman–Crippen MR) is 102 cm³/mol. The number of hydrogen-bond donors (Lipinski definition) is 0. The van der Waals surface area contributed by atoms with Gasteiger partial charge in [-0.2, -0.15) is 0 Å². The molecule has 0 saturated carbocycles. The van der Waals surface area contributed by atoms with Gasteiger partial charge in [0.25, 0.3) is 5.91 Å². The van der Waals surface area contributed by atoms with Crippen LogP contribution in [-0.4, -0.2) is 60.1 Å². The van der Waals surface area contributed by atoms with Crippen molar-refractivity contribution in [2.24, 2.45) is 0 Å². The molecule has 1 aromatic heterocycles. The molecule has 0 radical (unpaired) electrons. The van der Waals surface area contributed by atoms with Crippen LogP contribution in [0.2, 0.25) is 0 Å². The number of hydrogen-bond acceptors (Lipinski definition) is 5. The molecule has 1 amide bonds. The van der Waals surface area contributed by atoms with E-state index in [1.807, 2.05) is 48.4 Å². The van der Waals surface area contributed by atoms with Gasteiger partial charge in [-0.05, 0) is 43.2 Å². The van der Waals surface area contributed by atoms with Gasteiger partial charge in [-0.15, -0.1) is 0 Å². The van der Waals surface area contributed by atoms with Gasteiger partial charge in [0.2, 0.25) is 0 Å². The smallest absolute Gasteiger partial charge is 0.254 e. The zero-order valence-electron chi connectivity index (χ0n) is 15.7. The van der Waals surface area contributed by atoms with Crippen molar-refractivity contribution in [2.45, 2.75) is 19.9 Å². The molecule has 1 aromatic carbocycles. The largest absolute Gasteiger partial charge is 0.486 e. The van der Waals surface area contributed by atoms with E-state index in [0.717, 1.165) is 56.2 Å². The number of aryl methyl sites for hydroxylation is 1. The summed E-state index contributed by atoms with van der Waals surface area (Å²) < 4.78 is 11.3. The van der Waals surface area contributed by atoms with Crippen LogP contribution in [0.1, 0.15) is 28.0 Å². The minimum Gasteiger partial charge on any atom is -0.486 e. The Bertz CT molecular complexity index is 810. The summed E-state index contributed by atoms with van der Waals surface area (Å²) in [7, 11) is 0. The Morgan fingerprint density at radius 1 is 1.07 bits per heavy atom. The maximum Gasteiger partial charge on any atom is 0.254 e. The molecule has 0 N–H and O–H groups in total. The summed E-state index contributed by atoms with van der Waals surface area (Å²) in [6.07, 6.45) is 2.79. The predicted octanol–water partition coefficient (Wildman–Crippen LogP) is 2.51. The van der Waals surface area contributed by atoms with Crippen LogP contribution in [0, 0.1) is 6.92 Å². The van der Waals surface area contributed by atoms with Gasteiger partial charge in [0, 0.05) is 44.5 Å². The van der Waals surface area contributed by atoms with Crippen molar-refractivity contribution in [3.05, 3.63) is 53.3 Å². The Morgan fingerprint density at radius 3 is 2.67 bits per heavy atom. The zero-order valence-corrected chi connectivity index (χ0v) is 15.7. The first kappa shape index (κ1) is 17.8. The van der Waals surface area contributed by atoms with Crippen molar-refractivity contribution in [3.8, 4) is 11.5 Å². The molecular weight excluding hydrogens is 342 g/mol. The Kier molecular flexibility index (Phi) is 5.25. The Hall–Kier alpha value is -2.60. The van der Waals surface area contributed by atoms with Crippen LogP contribution >= 0.6 is 0 Å². The van der Waals surface area contributed by atoms with E-state index in [4.69, 9.17) is 9.47 Å². The number of carbonyl (C=O) groups is 1. The maximum absolute atomic E-state index is 13.1. The number of rotatable bonds is 3. The van der Waals surface area contributed by atoms with Gasteiger partial charge in [-0.1, -0.05) is 6.07 Å². The monoisotopic (exact) mass is 367 g/mol. The summed E-state index contributed by atoms with van der Waals surface area (Å²) in [5, 5.41) is 0. The molecule has 6 nitrogen and oxygen atoms in total. The second kappa shape index (κ2) is 7.96. The first-order valence-electron chi connectivity index (χ1n) is 9.52. The highest BCUT2D eigenvalue weighted by atomic mass is 16.6. The van der Waals surface area contributed by atoms with Gasteiger partial charge in [0.15, 0.2) is 11.5 Å². The van der Waals surface area contributed by atoms with Gasteiger partial charge in [0.1, 0.15) is 13.2 Å². The van der Waals surface area contributed by atoms with Crippen molar-refractivity contribution in [1.29, 1.82) is 0 Å². The highest BCUT2D eigenvalue weighted by Crippen LogP contribution is 2.33. The van der Waals surface area contributed by atoms with E-state index < -0.39 is 0 Å². The average Bonchev–Trinajstić information content (AvgIpc) is 2.93. The van der Waals surface area contributed by atoms with Crippen LogP contribution in [-0.2, 0) is 6.54 Å². The molecule has 1 fully saturated rings. The summed E-state index contributed by atoms with van der Waals surface area (Å²) in [5.74, 6) is 1.47. The summed E-state index contributed by atoms with van der Waals surface area (Å²) in [6.45, 7) is 7.17. The molecule has 6 heteroatoms. The molecule has 0 unspecified atom stereocenters. The molecule has 4 rings (SSSR count). The van der Waals surface area contributed by atoms with E-state index in [2.05, 4.69) is 9.88 Å². The van der Waals surface area contributed by atoms with Gasteiger partial charge >= 0.3 is 0 Å². The zero-order chi connectivity index (χ0) is 18.6. The number of benzene rings is 1. The molecular formula is C21H25N3O3. The van der Waals surface area contributed by atoms with E-state index in [0.29, 0.717) is 24.5 Å². The Morgan fingerprint density at radius 2 is 1.89 bits per heavy atom. The molecule has 2 aliphatic heterocycles. The van der Waals surface area contributed by atoms with E-state index >= 15 is 0 Å². The van der Waals surface area contributed by atoms with Gasteiger partial charge in [0.05, 0.1) is 5.69 Å². The fourth-order valence-corrected chi connectivity index (χ4v) is 3.64. The number of nitrogens with zero attached hydrogens (tertiary/aromatic N) is 3. The summed E-state index contributed by atoms with van der Waals surface area (Å²) in [4.78, 5) is 21.9. The van der Waals surface area contributed by atoms with Crippen LogP contribution in [0.3, 0.4) is 0 Å². The SMILES string of the molecule is Cc1cc2c(cc1C(=O)N1CCCN(Cc3ccccn3)CC1)OCCO2. The molecule has 0 spiro atoms. The molecule has 142 valence electrons. The minimum absolute atomic E-state index is 0.0733. The number of aromatic nitrogens is 1. The van der Waals surface area contributed by atoms with Crippen molar-refractivity contribution in [3.63, 3.8) is 0 Å². The van der Waals surface area contributed by atoms with Gasteiger partial charge in [-0.3, -0.25) is 14.7 Å². The van der Waals surface area contributed by atoms with Crippen LogP contribution in [0.15, 0.2) is 36.5 Å². The third-order valence-electron chi connectivity index (χ3n) is 5.11. The Labute approximate surface area is 159 Å². The molecule has 0 aliphatic carbocycles. The lowest BCUT2D eigenvalue weighted by Gasteiger charge is -2.24. The van der Waals surface area contributed by atoms with Crippen molar-refractivity contribution < 1.29 is 14.3 Å². The molecule has 0 bridgehead atoms. The van der Waals surface area contributed by atoms with Crippen LogP contribution in [0.25, 0.3) is 0 Å². The van der Waals surface area contributed by atoms with Crippen molar-refractivity contribution in [2.75, 3.05) is 39.4 Å². The fraction of sp³-hybridized carbons (Fsp3) is 0.429. The number of amides is 1.